The van der Waals surface area contributed by atoms with Crippen LogP contribution in [-0.4, -0.2) is 27.2 Å². The maximum absolute atomic E-state index is 12.9. The molecule has 5 nitrogen and oxygen atoms in total. The average molecular weight is 333 g/mol. The van der Waals surface area contributed by atoms with Gasteiger partial charge in [-0.2, -0.15) is 0 Å². The molecule has 2 aromatic rings. The zero-order chi connectivity index (χ0) is 16.6. The van der Waals surface area contributed by atoms with E-state index >= 15 is 0 Å². The van der Waals surface area contributed by atoms with Crippen LogP contribution in [0.2, 0.25) is 0 Å². The van der Waals surface area contributed by atoms with Gasteiger partial charge in [0.05, 0.1) is 10.6 Å². The van der Waals surface area contributed by atoms with Gasteiger partial charge in [-0.1, -0.05) is 29.8 Å². The van der Waals surface area contributed by atoms with Gasteiger partial charge in [-0.05, 0) is 37.1 Å². The van der Waals surface area contributed by atoms with E-state index in [4.69, 9.17) is 4.74 Å². The van der Waals surface area contributed by atoms with Crippen molar-refractivity contribution in [3.8, 4) is 0 Å². The summed E-state index contributed by atoms with van der Waals surface area (Å²) in [6, 6.07) is 12.1. The quantitative estimate of drug-likeness (QED) is 0.873. The van der Waals surface area contributed by atoms with Crippen LogP contribution in [-0.2, 0) is 21.2 Å². The number of hydrogen-bond acceptors (Lipinski definition) is 4. The zero-order valence-electron chi connectivity index (χ0n) is 13.1. The number of aryl methyl sites for hydroxylation is 1. The molecular formula is C17H19NO4S. The largest absolute Gasteiger partial charge is 0.364 e. The Morgan fingerprint density at radius 2 is 1.87 bits per heavy atom. The van der Waals surface area contributed by atoms with Crippen molar-refractivity contribution in [3.63, 3.8) is 0 Å². The molecule has 0 aliphatic carbocycles. The summed E-state index contributed by atoms with van der Waals surface area (Å²) in [5.74, 6) is 0. The van der Waals surface area contributed by atoms with E-state index in [0.717, 1.165) is 11.1 Å². The topological polar surface area (TPSA) is 66.8 Å². The third-order valence-electron chi connectivity index (χ3n) is 4.08. The molecule has 0 spiro atoms. The van der Waals surface area contributed by atoms with Crippen LogP contribution in [0.15, 0.2) is 47.4 Å². The van der Waals surface area contributed by atoms with Gasteiger partial charge in [-0.3, -0.25) is 4.31 Å². The molecule has 122 valence electrons. The Bertz CT molecular complexity index is 815. The van der Waals surface area contributed by atoms with Crippen LogP contribution in [0.25, 0.3) is 0 Å². The number of anilines is 1. The molecule has 0 amide bonds. The Balaban J connectivity index is 2.02. The van der Waals surface area contributed by atoms with E-state index in [1.165, 1.54) is 11.4 Å². The van der Waals surface area contributed by atoms with E-state index in [-0.39, 0.29) is 4.90 Å². The van der Waals surface area contributed by atoms with Crippen molar-refractivity contribution < 1.29 is 18.3 Å². The molecule has 0 aromatic heterocycles. The predicted molar refractivity (Wildman–Crippen MR) is 87.8 cm³/mol. The number of aliphatic hydroxyl groups excluding tert-OH is 1. The van der Waals surface area contributed by atoms with Crippen molar-refractivity contribution >= 4 is 15.7 Å². The fourth-order valence-electron chi connectivity index (χ4n) is 2.74. The lowest BCUT2D eigenvalue weighted by Crippen LogP contribution is -2.29. The van der Waals surface area contributed by atoms with Gasteiger partial charge in [-0.15, -0.1) is 0 Å². The second-order valence-corrected chi connectivity index (χ2v) is 7.48. The summed E-state index contributed by atoms with van der Waals surface area (Å²) >= 11 is 0. The van der Waals surface area contributed by atoms with E-state index < -0.39 is 16.3 Å². The van der Waals surface area contributed by atoms with Crippen LogP contribution in [0.1, 0.15) is 23.0 Å². The van der Waals surface area contributed by atoms with Gasteiger partial charge >= 0.3 is 0 Å². The molecule has 0 saturated heterocycles. The van der Waals surface area contributed by atoms with Crippen molar-refractivity contribution in [2.45, 2.75) is 24.5 Å². The second-order valence-electron chi connectivity index (χ2n) is 5.62. The Kier molecular flexibility index (Phi) is 4.14. The number of benzene rings is 2. The molecule has 1 N–H and O–H groups in total. The van der Waals surface area contributed by atoms with Gasteiger partial charge < -0.3 is 9.84 Å². The van der Waals surface area contributed by atoms with Crippen molar-refractivity contribution in [1.82, 2.24) is 0 Å². The first-order chi connectivity index (χ1) is 10.9. The number of methoxy groups -OCH3 is 1. The molecule has 0 saturated carbocycles. The fourth-order valence-corrected chi connectivity index (χ4v) is 4.24. The van der Waals surface area contributed by atoms with Gasteiger partial charge in [0.1, 0.15) is 0 Å². The number of sulfonamides is 1. The summed E-state index contributed by atoms with van der Waals surface area (Å²) in [4.78, 5) is 0.272. The number of hydrogen-bond donors (Lipinski definition) is 1. The summed E-state index contributed by atoms with van der Waals surface area (Å²) in [7, 11) is -2.21. The third kappa shape index (κ3) is 2.85. The molecule has 0 bridgehead atoms. The monoisotopic (exact) mass is 333 g/mol. The maximum Gasteiger partial charge on any atom is 0.264 e. The minimum atomic E-state index is -3.61. The number of nitrogens with zero attached hydrogens (tertiary/aromatic N) is 1. The summed E-state index contributed by atoms with van der Waals surface area (Å²) in [6.07, 6.45) is -0.408. The van der Waals surface area contributed by atoms with E-state index in [1.54, 1.807) is 36.4 Å². The second kappa shape index (κ2) is 5.96. The van der Waals surface area contributed by atoms with Crippen molar-refractivity contribution in [2.75, 3.05) is 18.0 Å². The highest BCUT2D eigenvalue weighted by Gasteiger charge is 2.31. The molecule has 0 radical (unpaired) electrons. The first-order valence-electron chi connectivity index (χ1n) is 7.36. The van der Waals surface area contributed by atoms with Crippen molar-refractivity contribution in [3.05, 3.63) is 59.2 Å². The summed E-state index contributed by atoms with van der Waals surface area (Å²) in [5, 5.41) is 9.81. The van der Waals surface area contributed by atoms with Gasteiger partial charge in [0, 0.05) is 19.2 Å². The number of fused-ring (bicyclic) bond motifs is 1. The van der Waals surface area contributed by atoms with Gasteiger partial charge in [-0.25, -0.2) is 8.42 Å². The van der Waals surface area contributed by atoms with Crippen LogP contribution < -0.4 is 4.31 Å². The highest BCUT2D eigenvalue weighted by molar-refractivity contribution is 7.92. The van der Waals surface area contributed by atoms with Crippen LogP contribution in [0, 0.1) is 6.92 Å². The zero-order valence-corrected chi connectivity index (χ0v) is 13.9. The Morgan fingerprint density at radius 3 is 2.52 bits per heavy atom. The van der Waals surface area contributed by atoms with Crippen molar-refractivity contribution in [2.24, 2.45) is 0 Å². The number of rotatable bonds is 4. The molecule has 3 rings (SSSR count). The first-order valence-corrected chi connectivity index (χ1v) is 8.80. The Morgan fingerprint density at radius 1 is 1.17 bits per heavy atom. The molecule has 1 heterocycles. The number of aliphatic hydroxyl groups is 1. The lowest BCUT2D eigenvalue weighted by Gasteiger charge is -2.21. The predicted octanol–water partition coefficient (Wildman–Crippen LogP) is 2.38. The van der Waals surface area contributed by atoms with Crippen LogP contribution >= 0.6 is 0 Å². The normalized spacial score (nSPS) is 15.5. The molecule has 1 atom stereocenters. The van der Waals surface area contributed by atoms with Crippen LogP contribution in [0.5, 0.6) is 0 Å². The van der Waals surface area contributed by atoms with Gasteiger partial charge in [0.15, 0.2) is 6.29 Å². The van der Waals surface area contributed by atoms with E-state index in [1.807, 2.05) is 13.0 Å². The highest BCUT2D eigenvalue weighted by Crippen LogP contribution is 2.35. The van der Waals surface area contributed by atoms with E-state index in [0.29, 0.717) is 24.2 Å². The summed E-state index contributed by atoms with van der Waals surface area (Å²) in [5.41, 5.74) is 3.11. The molecule has 0 fully saturated rings. The maximum atomic E-state index is 12.9. The number of ether oxygens (including phenoxy) is 1. The fraction of sp³-hybridized carbons (Fsp3) is 0.294. The average Bonchev–Trinajstić information content (AvgIpc) is 2.98. The van der Waals surface area contributed by atoms with Gasteiger partial charge in [0.25, 0.3) is 10.0 Å². The van der Waals surface area contributed by atoms with Crippen LogP contribution in [0.4, 0.5) is 5.69 Å². The molecule has 2 aromatic carbocycles. The molecule has 23 heavy (non-hydrogen) atoms. The van der Waals surface area contributed by atoms with Crippen LogP contribution in [0.3, 0.4) is 0 Å². The van der Waals surface area contributed by atoms with E-state index in [9.17, 15) is 13.5 Å². The molecule has 1 aliphatic heterocycles. The SMILES string of the molecule is COC(O)c1ccc2c(c1)N(S(=O)(=O)c1ccc(C)cc1)CC2. The smallest absolute Gasteiger partial charge is 0.264 e. The first kappa shape index (κ1) is 16.0. The highest BCUT2D eigenvalue weighted by atomic mass is 32.2. The standard InChI is InChI=1S/C17H19NO4S/c1-12-3-7-15(8-4-12)23(20,21)18-10-9-13-5-6-14(11-16(13)18)17(19)22-2/h3-8,11,17,19H,9-10H2,1-2H3. The minimum Gasteiger partial charge on any atom is -0.364 e. The lowest BCUT2D eigenvalue weighted by molar-refractivity contribution is -0.0769. The lowest BCUT2D eigenvalue weighted by atomic mass is 10.1. The molecule has 1 unspecified atom stereocenters. The van der Waals surface area contributed by atoms with Crippen molar-refractivity contribution in [1.29, 1.82) is 0 Å². The molecular weight excluding hydrogens is 314 g/mol. The Hall–Kier alpha value is -1.89. The third-order valence-corrected chi connectivity index (χ3v) is 5.91. The summed E-state index contributed by atoms with van der Waals surface area (Å²) < 4.78 is 32.1. The minimum absolute atomic E-state index is 0.272. The Labute approximate surface area is 136 Å². The molecule has 1 aliphatic rings. The molecule has 6 heteroatoms. The summed E-state index contributed by atoms with van der Waals surface area (Å²) in [6.45, 7) is 2.32. The van der Waals surface area contributed by atoms with E-state index in [2.05, 4.69) is 0 Å². The van der Waals surface area contributed by atoms with Gasteiger partial charge in [0.2, 0.25) is 0 Å².